The summed E-state index contributed by atoms with van der Waals surface area (Å²) >= 11 is 0. The van der Waals surface area contributed by atoms with Crippen LogP contribution in [0.15, 0.2) is 4.99 Å². The Bertz CT molecular complexity index is 393. The van der Waals surface area contributed by atoms with Crippen molar-refractivity contribution in [3.05, 3.63) is 0 Å². The molecule has 0 rings (SSSR count). The maximum absolute atomic E-state index is 11.4. The van der Waals surface area contributed by atoms with Crippen molar-refractivity contribution in [1.29, 1.82) is 0 Å². The molecule has 0 bridgehead atoms. The van der Waals surface area contributed by atoms with Crippen LogP contribution in [0.1, 0.15) is 19.3 Å². The molecule has 0 heterocycles. The molecule has 0 saturated carbocycles. The van der Waals surface area contributed by atoms with E-state index in [9.17, 15) is 14.4 Å². The van der Waals surface area contributed by atoms with Gasteiger partial charge in [-0.2, -0.15) is 0 Å². The minimum atomic E-state index is -1.37. The number of nitrogens with two attached hydrogens (primary N) is 3. The minimum absolute atomic E-state index is 0.103. The third kappa shape index (κ3) is 7.87. The Morgan fingerprint density at radius 2 is 1.75 bits per heavy atom. The Morgan fingerprint density at radius 1 is 1.15 bits per heavy atom. The van der Waals surface area contributed by atoms with Crippen LogP contribution in [0, 0.1) is 0 Å². The van der Waals surface area contributed by atoms with Gasteiger partial charge in [-0.3, -0.25) is 14.6 Å². The largest absolute Gasteiger partial charge is 0.480 e. The lowest BCUT2D eigenvalue weighted by atomic mass is 10.1. The van der Waals surface area contributed by atoms with Crippen LogP contribution in [0.3, 0.4) is 0 Å². The van der Waals surface area contributed by atoms with Crippen LogP contribution >= 0.6 is 0 Å². The number of nitrogens with one attached hydrogen (secondary N) is 1. The molecule has 0 aliphatic rings. The van der Waals surface area contributed by atoms with Gasteiger partial charge in [0.25, 0.3) is 0 Å². The van der Waals surface area contributed by atoms with Crippen molar-refractivity contribution in [3.63, 3.8) is 0 Å². The zero-order valence-electron chi connectivity index (χ0n) is 10.8. The van der Waals surface area contributed by atoms with Crippen LogP contribution in [0.4, 0.5) is 0 Å². The predicted molar refractivity (Wildman–Crippen MR) is 69.7 cm³/mol. The van der Waals surface area contributed by atoms with E-state index >= 15 is 0 Å². The van der Waals surface area contributed by atoms with E-state index in [1.54, 1.807) is 0 Å². The summed E-state index contributed by atoms with van der Waals surface area (Å²) in [5.74, 6) is -3.41. The molecule has 0 aliphatic carbocycles. The normalized spacial score (nSPS) is 13.1. The fourth-order valence-electron chi connectivity index (χ4n) is 1.30. The molecule has 1 amide bonds. The lowest BCUT2D eigenvalue weighted by Crippen LogP contribution is -2.44. The molecule has 10 heteroatoms. The molecule has 0 spiro atoms. The van der Waals surface area contributed by atoms with E-state index in [1.165, 1.54) is 0 Å². The van der Waals surface area contributed by atoms with Crippen molar-refractivity contribution in [2.24, 2.45) is 22.2 Å². The molecule has 20 heavy (non-hydrogen) atoms. The second kappa shape index (κ2) is 8.69. The fraction of sp³-hybridized carbons (Fsp3) is 0.600. The predicted octanol–water partition coefficient (Wildman–Crippen LogP) is -2.59. The summed E-state index contributed by atoms with van der Waals surface area (Å²) in [6.45, 7) is 0.233. The average molecular weight is 289 g/mol. The summed E-state index contributed by atoms with van der Waals surface area (Å²) in [5.41, 5.74) is 15.4. The molecule has 0 saturated heterocycles. The third-order valence-corrected chi connectivity index (χ3v) is 2.30. The number of amides is 1. The zero-order valence-corrected chi connectivity index (χ0v) is 10.8. The molecule has 0 aliphatic heterocycles. The van der Waals surface area contributed by atoms with Gasteiger partial charge in [0.1, 0.15) is 12.1 Å². The van der Waals surface area contributed by atoms with Gasteiger partial charge in [-0.15, -0.1) is 0 Å². The number of carbonyl (C=O) groups excluding carboxylic acids is 1. The smallest absolute Gasteiger partial charge is 0.326 e. The molecule has 0 fully saturated rings. The summed E-state index contributed by atoms with van der Waals surface area (Å²) in [7, 11) is 0. The first-order valence-corrected chi connectivity index (χ1v) is 5.80. The highest BCUT2D eigenvalue weighted by Gasteiger charge is 2.22. The number of carboxylic acids is 2. The average Bonchev–Trinajstić information content (AvgIpc) is 2.32. The van der Waals surface area contributed by atoms with Crippen molar-refractivity contribution >= 4 is 23.8 Å². The van der Waals surface area contributed by atoms with Crippen molar-refractivity contribution in [2.45, 2.75) is 31.3 Å². The van der Waals surface area contributed by atoms with E-state index in [-0.39, 0.29) is 18.9 Å². The van der Waals surface area contributed by atoms with Crippen LogP contribution < -0.4 is 22.5 Å². The lowest BCUT2D eigenvalue weighted by molar-refractivity contribution is -0.143. The number of guanidine groups is 1. The Morgan fingerprint density at radius 3 is 2.20 bits per heavy atom. The molecule has 2 atom stereocenters. The summed E-state index contributed by atoms with van der Waals surface area (Å²) in [5, 5.41) is 19.7. The molecule has 9 N–H and O–H groups in total. The summed E-state index contributed by atoms with van der Waals surface area (Å²) in [6, 6.07) is -2.51. The van der Waals surface area contributed by atoms with Gasteiger partial charge >= 0.3 is 11.9 Å². The first-order chi connectivity index (χ1) is 9.23. The molecule has 0 aromatic rings. The first kappa shape index (κ1) is 17.6. The number of carbonyl (C=O) groups is 3. The Balaban J connectivity index is 4.27. The number of nitrogens with zero attached hydrogens (tertiary/aromatic N) is 1. The molecular formula is C10H19N5O5. The maximum Gasteiger partial charge on any atom is 0.326 e. The zero-order chi connectivity index (χ0) is 15.7. The van der Waals surface area contributed by atoms with E-state index in [2.05, 4.69) is 10.3 Å². The molecule has 114 valence electrons. The summed E-state index contributed by atoms with van der Waals surface area (Å²) in [6.07, 6.45) is -0.0344. The Kier molecular flexibility index (Phi) is 7.67. The highest BCUT2D eigenvalue weighted by Crippen LogP contribution is 2.00. The van der Waals surface area contributed by atoms with E-state index in [0.717, 1.165) is 0 Å². The quantitative estimate of drug-likeness (QED) is 0.151. The fourth-order valence-corrected chi connectivity index (χ4v) is 1.30. The van der Waals surface area contributed by atoms with Crippen molar-refractivity contribution in [2.75, 3.05) is 6.54 Å². The van der Waals surface area contributed by atoms with Crippen LogP contribution in [-0.2, 0) is 14.4 Å². The van der Waals surface area contributed by atoms with Gasteiger partial charge in [0.05, 0.1) is 6.42 Å². The SMILES string of the molecule is NC(N)=NCCC[C@H](NC(=O)CC(N)C(=O)O)C(=O)O. The van der Waals surface area contributed by atoms with Gasteiger partial charge in [-0.1, -0.05) is 0 Å². The topological polar surface area (TPSA) is 194 Å². The Labute approximate surface area is 115 Å². The Hall–Kier alpha value is -2.36. The van der Waals surface area contributed by atoms with E-state index < -0.39 is 36.4 Å². The number of carboxylic acid groups (broad SMARTS) is 2. The second-order valence-electron chi connectivity index (χ2n) is 4.06. The van der Waals surface area contributed by atoms with Gasteiger partial charge in [-0.05, 0) is 12.8 Å². The van der Waals surface area contributed by atoms with Crippen molar-refractivity contribution in [1.82, 2.24) is 5.32 Å². The monoisotopic (exact) mass is 289 g/mol. The molecule has 0 radical (unpaired) electrons. The van der Waals surface area contributed by atoms with Crippen LogP contribution in [0.25, 0.3) is 0 Å². The standard InChI is InChI=1S/C10H19N5O5/c11-5(8(17)18)4-7(16)15-6(9(19)20)2-1-3-14-10(12)13/h5-6H,1-4,11H2,(H,15,16)(H,17,18)(H,19,20)(H4,12,13,14)/t5?,6-/m0/s1. The second-order valence-corrected chi connectivity index (χ2v) is 4.06. The lowest BCUT2D eigenvalue weighted by Gasteiger charge is -2.15. The molecule has 1 unspecified atom stereocenters. The van der Waals surface area contributed by atoms with Crippen LogP contribution in [0.5, 0.6) is 0 Å². The van der Waals surface area contributed by atoms with E-state index in [4.69, 9.17) is 27.4 Å². The van der Waals surface area contributed by atoms with Gasteiger partial charge in [-0.25, -0.2) is 4.79 Å². The first-order valence-electron chi connectivity index (χ1n) is 5.80. The van der Waals surface area contributed by atoms with Crippen molar-refractivity contribution < 1.29 is 24.6 Å². The number of aliphatic imine (C=N–C) groups is 1. The molecule has 0 aromatic heterocycles. The maximum atomic E-state index is 11.4. The number of aliphatic carboxylic acids is 2. The number of hydrogen-bond donors (Lipinski definition) is 6. The van der Waals surface area contributed by atoms with Gasteiger partial charge in [0, 0.05) is 6.54 Å². The minimum Gasteiger partial charge on any atom is -0.480 e. The molecule has 0 aromatic carbocycles. The van der Waals surface area contributed by atoms with Crippen LogP contribution in [0.2, 0.25) is 0 Å². The van der Waals surface area contributed by atoms with Crippen LogP contribution in [-0.4, -0.2) is 52.6 Å². The van der Waals surface area contributed by atoms with Gasteiger partial charge in [0.2, 0.25) is 5.91 Å². The number of rotatable bonds is 9. The highest BCUT2D eigenvalue weighted by atomic mass is 16.4. The molecule has 10 nitrogen and oxygen atoms in total. The summed E-state index contributed by atoms with van der Waals surface area (Å²) in [4.78, 5) is 36.5. The third-order valence-electron chi connectivity index (χ3n) is 2.30. The molecular weight excluding hydrogens is 270 g/mol. The van der Waals surface area contributed by atoms with Gasteiger partial charge in [0.15, 0.2) is 5.96 Å². The van der Waals surface area contributed by atoms with E-state index in [1.807, 2.05) is 0 Å². The van der Waals surface area contributed by atoms with Crippen molar-refractivity contribution in [3.8, 4) is 0 Å². The number of hydrogen-bond acceptors (Lipinski definition) is 5. The highest BCUT2D eigenvalue weighted by molar-refractivity contribution is 5.87. The van der Waals surface area contributed by atoms with Gasteiger partial charge < -0.3 is 32.7 Å². The van der Waals surface area contributed by atoms with E-state index in [0.29, 0.717) is 6.42 Å². The summed E-state index contributed by atoms with van der Waals surface area (Å²) < 4.78 is 0.